The SMILES string of the molecule is Cc1nn(C)c(C)c1CN1CCN(C(=O)C2CCC(N)C2)CC1.Cl.Cl.Cl. The summed E-state index contributed by atoms with van der Waals surface area (Å²) in [7, 11) is 1.99. The van der Waals surface area contributed by atoms with E-state index < -0.39 is 0 Å². The van der Waals surface area contributed by atoms with Crippen molar-refractivity contribution in [2.75, 3.05) is 26.2 Å². The zero-order chi connectivity index (χ0) is 16.6. The van der Waals surface area contributed by atoms with Crippen LogP contribution in [-0.4, -0.2) is 57.7 Å². The number of nitrogens with zero attached hydrogens (tertiary/aromatic N) is 4. The topological polar surface area (TPSA) is 67.4 Å². The summed E-state index contributed by atoms with van der Waals surface area (Å²) in [5.41, 5.74) is 9.62. The highest BCUT2D eigenvalue weighted by molar-refractivity contribution is 5.86. The summed E-state index contributed by atoms with van der Waals surface area (Å²) in [6.45, 7) is 8.69. The molecule has 6 nitrogen and oxygen atoms in total. The van der Waals surface area contributed by atoms with E-state index in [1.807, 2.05) is 16.6 Å². The van der Waals surface area contributed by atoms with E-state index in [1.165, 1.54) is 11.3 Å². The van der Waals surface area contributed by atoms with E-state index in [1.54, 1.807) is 0 Å². The predicted octanol–water partition coefficient (Wildman–Crippen LogP) is 2.07. The Balaban J connectivity index is 0.00000208. The van der Waals surface area contributed by atoms with E-state index in [9.17, 15) is 4.79 Å². The average Bonchev–Trinajstić information content (AvgIpc) is 3.06. The molecule has 1 aliphatic carbocycles. The second-order valence-corrected chi connectivity index (χ2v) is 7.14. The van der Waals surface area contributed by atoms with Crippen LogP contribution in [0.2, 0.25) is 0 Å². The predicted molar refractivity (Wildman–Crippen MR) is 112 cm³/mol. The monoisotopic (exact) mass is 427 g/mol. The van der Waals surface area contributed by atoms with Crippen LogP contribution in [0, 0.1) is 19.8 Å². The third-order valence-corrected chi connectivity index (χ3v) is 5.55. The van der Waals surface area contributed by atoms with Gasteiger partial charge in [-0.05, 0) is 33.1 Å². The van der Waals surface area contributed by atoms with Crippen molar-refractivity contribution in [1.29, 1.82) is 0 Å². The molecule has 2 heterocycles. The molecule has 0 radical (unpaired) electrons. The molecule has 0 spiro atoms. The molecule has 2 atom stereocenters. The minimum Gasteiger partial charge on any atom is -0.340 e. The Morgan fingerprint density at radius 1 is 1.12 bits per heavy atom. The third-order valence-electron chi connectivity index (χ3n) is 5.55. The van der Waals surface area contributed by atoms with Gasteiger partial charge in [-0.2, -0.15) is 5.10 Å². The van der Waals surface area contributed by atoms with Crippen LogP contribution < -0.4 is 5.73 Å². The number of hydrogen-bond acceptors (Lipinski definition) is 4. The smallest absolute Gasteiger partial charge is 0.225 e. The highest BCUT2D eigenvalue weighted by atomic mass is 35.5. The summed E-state index contributed by atoms with van der Waals surface area (Å²) in [5, 5.41) is 4.49. The van der Waals surface area contributed by atoms with Crippen LogP contribution in [0.25, 0.3) is 0 Å². The molecule has 26 heavy (non-hydrogen) atoms. The molecule has 0 bridgehead atoms. The highest BCUT2D eigenvalue weighted by Gasteiger charge is 2.32. The van der Waals surface area contributed by atoms with Crippen molar-refractivity contribution in [2.24, 2.45) is 18.7 Å². The van der Waals surface area contributed by atoms with Gasteiger partial charge in [-0.1, -0.05) is 0 Å². The molecule has 2 unspecified atom stereocenters. The summed E-state index contributed by atoms with van der Waals surface area (Å²) in [4.78, 5) is 17.0. The van der Waals surface area contributed by atoms with Crippen molar-refractivity contribution in [2.45, 2.75) is 45.7 Å². The van der Waals surface area contributed by atoms with Crippen LogP contribution in [0.15, 0.2) is 0 Å². The minimum atomic E-state index is 0. The lowest BCUT2D eigenvalue weighted by atomic mass is 10.1. The number of nitrogens with two attached hydrogens (primary N) is 1. The van der Waals surface area contributed by atoms with Crippen LogP contribution in [-0.2, 0) is 18.4 Å². The maximum absolute atomic E-state index is 12.6. The first-order valence-electron chi connectivity index (χ1n) is 8.71. The van der Waals surface area contributed by atoms with Gasteiger partial charge in [-0.3, -0.25) is 14.4 Å². The Morgan fingerprint density at radius 2 is 1.73 bits per heavy atom. The summed E-state index contributed by atoms with van der Waals surface area (Å²) in [6, 6.07) is 0.224. The maximum Gasteiger partial charge on any atom is 0.225 e. The van der Waals surface area contributed by atoms with Gasteiger partial charge in [0.2, 0.25) is 5.91 Å². The summed E-state index contributed by atoms with van der Waals surface area (Å²) < 4.78 is 1.95. The van der Waals surface area contributed by atoms with E-state index >= 15 is 0 Å². The third kappa shape index (κ3) is 5.49. The Morgan fingerprint density at radius 3 is 2.19 bits per heavy atom. The Kier molecular flexibility index (Phi) is 10.5. The molecule has 1 saturated heterocycles. The molecule has 0 aromatic carbocycles. The fourth-order valence-electron chi connectivity index (χ4n) is 3.90. The molecule has 1 aromatic rings. The lowest BCUT2D eigenvalue weighted by molar-refractivity contribution is -0.137. The molecule has 1 aromatic heterocycles. The number of aromatic nitrogens is 2. The zero-order valence-electron chi connectivity index (χ0n) is 15.8. The van der Waals surface area contributed by atoms with Crippen molar-refractivity contribution in [1.82, 2.24) is 19.6 Å². The fraction of sp³-hybridized carbons (Fsp3) is 0.765. The van der Waals surface area contributed by atoms with Gasteiger partial charge in [0.25, 0.3) is 0 Å². The number of rotatable bonds is 3. The molecule has 2 N–H and O–H groups in total. The van der Waals surface area contributed by atoms with Crippen molar-refractivity contribution in [3.63, 3.8) is 0 Å². The minimum absolute atomic E-state index is 0. The molecule has 9 heteroatoms. The first-order chi connectivity index (χ1) is 11.0. The molecule has 2 aliphatic rings. The lowest BCUT2D eigenvalue weighted by Gasteiger charge is -2.36. The van der Waals surface area contributed by atoms with Crippen molar-refractivity contribution in [3.05, 3.63) is 17.0 Å². The molecular formula is C17H32Cl3N5O. The van der Waals surface area contributed by atoms with Crippen LogP contribution >= 0.6 is 37.2 Å². The average molecular weight is 429 g/mol. The summed E-state index contributed by atoms with van der Waals surface area (Å²) in [6.07, 6.45) is 2.83. The molecule has 152 valence electrons. The van der Waals surface area contributed by atoms with Gasteiger partial charge in [-0.25, -0.2) is 0 Å². The van der Waals surface area contributed by atoms with E-state index in [-0.39, 0.29) is 49.2 Å². The number of halogens is 3. The van der Waals surface area contributed by atoms with Gasteiger partial charge in [0.05, 0.1) is 5.69 Å². The largest absolute Gasteiger partial charge is 0.340 e. The van der Waals surface area contributed by atoms with E-state index in [0.717, 1.165) is 57.7 Å². The summed E-state index contributed by atoms with van der Waals surface area (Å²) in [5.74, 6) is 0.491. The highest BCUT2D eigenvalue weighted by Crippen LogP contribution is 2.26. The number of hydrogen-bond donors (Lipinski definition) is 1. The number of piperazine rings is 1. The van der Waals surface area contributed by atoms with Crippen molar-refractivity contribution in [3.8, 4) is 0 Å². The molecular weight excluding hydrogens is 397 g/mol. The van der Waals surface area contributed by atoms with Crippen molar-refractivity contribution >= 4 is 43.1 Å². The van der Waals surface area contributed by atoms with Crippen LogP contribution in [0.4, 0.5) is 0 Å². The van der Waals surface area contributed by atoms with Gasteiger partial charge in [0.15, 0.2) is 0 Å². The van der Waals surface area contributed by atoms with Gasteiger partial charge < -0.3 is 10.6 Å². The molecule has 3 rings (SSSR count). The van der Waals surface area contributed by atoms with E-state index in [0.29, 0.717) is 5.91 Å². The maximum atomic E-state index is 12.6. The zero-order valence-corrected chi connectivity index (χ0v) is 18.3. The molecule has 2 fully saturated rings. The van der Waals surface area contributed by atoms with Crippen LogP contribution in [0.3, 0.4) is 0 Å². The Hall–Kier alpha value is -0.530. The van der Waals surface area contributed by atoms with Crippen LogP contribution in [0.1, 0.15) is 36.2 Å². The number of aryl methyl sites for hydroxylation is 2. The van der Waals surface area contributed by atoms with E-state index in [2.05, 4.69) is 23.8 Å². The van der Waals surface area contributed by atoms with E-state index in [4.69, 9.17) is 5.73 Å². The normalized spacial score (nSPS) is 23.0. The molecule has 1 amide bonds. The van der Waals surface area contributed by atoms with Gasteiger partial charge in [0, 0.05) is 63.0 Å². The Bertz CT molecular complexity index is 587. The standard InChI is InChI=1S/C17H29N5O.3ClH/c1-12-16(13(2)20(3)19-12)11-21-6-8-22(9-7-21)17(23)14-4-5-15(18)10-14;;;/h14-15H,4-11,18H2,1-3H3;3*1H. The number of carbonyl (C=O) groups is 1. The second kappa shape index (κ2) is 10.7. The van der Waals surface area contributed by atoms with Gasteiger partial charge in [-0.15, -0.1) is 37.2 Å². The van der Waals surface area contributed by atoms with Crippen LogP contribution in [0.5, 0.6) is 0 Å². The van der Waals surface area contributed by atoms with Crippen molar-refractivity contribution < 1.29 is 4.79 Å². The fourth-order valence-corrected chi connectivity index (χ4v) is 3.90. The number of amides is 1. The molecule has 1 saturated carbocycles. The summed E-state index contributed by atoms with van der Waals surface area (Å²) >= 11 is 0. The quantitative estimate of drug-likeness (QED) is 0.800. The second-order valence-electron chi connectivity index (χ2n) is 7.14. The lowest BCUT2D eigenvalue weighted by Crippen LogP contribution is -2.49. The number of carbonyl (C=O) groups excluding carboxylic acids is 1. The first-order valence-corrected chi connectivity index (χ1v) is 8.71. The Labute approximate surface area is 175 Å². The van der Waals surface area contributed by atoms with Gasteiger partial charge in [0.1, 0.15) is 0 Å². The van der Waals surface area contributed by atoms with Gasteiger partial charge >= 0.3 is 0 Å². The molecule has 1 aliphatic heterocycles. The first kappa shape index (κ1) is 25.5.